The lowest BCUT2D eigenvalue weighted by molar-refractivity contribution is -0.128. The molecule has 3 nitrogen and oxygen atoms in total. The number of rotatable bonds is 4. The van der Waals surface area contributed by atoms with Crippen LogP contribution in [-0.2, 0) is 4.79 Å². The van der Waals surface area contributed by atoms with Gasteiger partial charge in [0.2, 0.25) is 5.91 Å². The third-order valence-electron chi connectivity index (χ3n) is 2.15. The molecule has 1 rings (SSSR count). The lowest BCUT2D eigenvalue weighted by Crippen LogP contribution is -2.34. The van der Waals surface area contributed by atoms with Crippen molar-refractivity contribution in [2.24, 2.45) is 0 Å². The van der Waals surface area contributed by atoms with E-state index < -0.39 is 0 Å². The number of nitrogens with zero attached hydrogens (tertiary/aromatic N) is 1. The van der Waals surface area contributed by atoms with Crippen LogP contribution in [0, 0.1) is 0 Å². The highest BCUT2D eigenvalue weighted by atomic mass is 32.2. The smallest absolute Gasteiger partial charge is 0.232 e. The number of carbonyl (C=O) groups excluding carboxylic acids is 1. The molecule has 0 aromatic carbocycles. The summed E-state index contributed by atoms with van der Waals surface area (Å²) in [4.78, 5) is 13.5. The first-order valence-electron chi connectivity index (χ1n) is 4.84. The molecular weight excluding hydrogens is 184 g/mol. The molecule has 13 heavy (non-hydrogen) atoms. The summed E-state index contributed by atoms with van der Waals surface area (Å²) < 4.78 is 0. The molecule has 1 N–H and O–H groups in total. The number of hydrogen-bond donors (Lipinski definition) is 1. The Morgan fingerprint density at radius 3 is 3.23 bits per heavy atom. The molecule has 0 saturated carbocycles. The van der Waals surface area contributed by atoms with Gasteiger partial charge in [-0.25, -0.2) is 0 Å². The highest BCUT2D eigenvalue weighted by Gasteiger charge is 2.15. The van der Waals surface area contributed by atoms with E-state index in [4.69, 9.17) is 0 Å². The first kappa shape index (κ1) is 10.9. The van der Waals surface area contributed by atoms with Gasteiger partial charge in [0.1, 0.15) is 0 Å². The van der Waals surface area contributed by atoms with Crippen molar-refractivity contribution in [2.45, 2.75) is 12.8 Å². The van der Waals surface area contributed by atoms with Crippen molar-refractivity contribution in [2.75, 3.05) is 38.2 Å². The summed E-state index contributed by atoms with van der Waals surface area (Å²) in [5, 5.41) is 3.09. The Kier molecular flexibility index (Phi) is 5.23. The Hall–Kier alpha value is -0.220. The van der Waals surface area contributed by atoms with E-state index in [0.717, 1.165) is 38.2 Å². The summed E-state index contributed by atoms with van der Waals surface area (Å²) >= 11 is 1.76. The minimum Gasteiger partial charge on any atom is -0.342 e. The number of nitrogens with one attached hydrogen (secondary N) is 1. The van der Waals surface area contributed by atoms with E-state index in [-0.39, 0.29) is 0 Å². The molecule has 0 unspecified atom stereocenters. The van der Waals surface area contributed by atoms with E-state index in [2.05, 4.69) is 5.32 Å². The normalized spacial score (nSPS) is 18.8. The maximum Gasteiger partial charge on any atom is 0.232 e. The number of thioether (sulfide) groups is 1. The molecule has 1 fully saturated rings. The zero-order valence-electron chi connectivity index (χ0n) is 8.21. The molecule has 4 heteroatoms. The Morgan fingerprint density at radius 2 is 2.46 bits per heavy atom. The summed E-state index contributed by atoms with van der Waals surface area (Å²) in [5.41, 5.74) is 0. The summed E-state index contributed by atoms with van der Waals surface area (Å²) in [6, 6.07) is 0. The molecule has 0 aliphatic carbocycles. The van der Waals surface area contributed by atoms with Crippen LogP contribution in [0.4, 0.5) is 0 Å². The standard InChI is InChI=1S/C9H18N2OS/c1-10-4-2-5-11-6-3-7-13-8-9(11)12/h10H,2-8H2,1H3. The monoisotopic (exact) mass is 202 g/mol. The van der Waals surface area contributed by atoms with Gasteiger partial charge in [0.15, 0.2) is 0 Å². The van der Waals surface area contributed by atoms with Gasteiger partial charge in [-0.15, -0.1) is 0 Å². The molecule has 1 heterocycles. The van der Waals surface area contributed by atoms with Crippen LogP contribution in [-0.4, -0.2) is 49.0 Å². The molecule has 0 aromatic rings. The highest BCUT2D eigenvalue weighted by Crippen LogP contribution is 2.11. The van der Waals surface area contributed by atoms with Crippen molar-refractivity contribution in [3.8, 4) is 0 Å². The van der Waals surface area contributed by atoms with E-state index in [1.165, 1.54) is 0 Å². The van der Waals surface area contributed by atoms with Crippen LogP contribution in [0.1, 0.15) is 12.8 Å². The Morgan fingerprint density at radius 1 is 1.62 bits per heavy atom. The molecule has 1 aliphatic rings. The second kappa shape index (κ2) is 6.27. The fourth-order valence-corrected chi connectivity index (χ4v) is 2.25. The van der Waals surface area contributed by atoms with Gasteiger partial charge in [-0.1, -0.05) is 0 Å². The first-order valence-corrected chi connectivity index (χ1v) is 6.00. The van der Waals surface area contributed by atoms with E-state index >= 15 is 0 Å². The average molecular weight is 202 g/mol. The fraction of sp³-hybridized carbons (Fsp3) is 0.889. The van der Waals surface area contributed by atoms with Gasteiger partial charge in [-0.05, 0) is 32.2 Å². The Labute approximate surface area is 84.2 Å². The van der Waals surface area contributed by atoms with Gasteiger partial charge in [0.05, 0.1) is 5.75 Å². The van der Waals surface area contributed by atoms with Crippen molar-refractivity contribution in [3.63, 3.8) is 0 Å². The van der Waals surface area contributed by atoms with Crippen molar-refractivity contribution in [3.05, 3.63) is 0 Å². The van der Waals surface area contributed by atoms with Crippen molar-refractivity contribution >= 4 is 17.7 Å². The van der Waals surface area contributed by atoms with Gasteiger partial charge in [0.25, 0.3) is 0 Å². The molecule has 0 spiro atoms. The maximum absolute atomic E-state index is 11.5. The molecule has 0 atom stereocenters. The van der Waals surface area contributed by atoms with Crippen LogP contribution in [0.15, 0.2) is 0 Å². The third-order valence-corrected chi connectivity index (χ3v) is 3.18. The number of amides is 1. The Bertz CT molecular complexity index is 164. The van der Waals surface area contributed by atoms with Gasteiger partial charge in [-0.2, -0.15) is 11.8 Å². The predicted octanol–water partition coefficient (Wildman–Crippen LogP) is 0.561. The number of carbonyl (C=O) groups is 1. The summed E-state index contributed by atoms with van der Waals surface area (Å²) in [6.45, 7) is 2.87. The SMILES string of the molecule is CNCCCN1CCCSCC1=O. The first-order chi connectivity index (χ1) is 6.34. The molecule has 1 aliphatic heterocycles. The van der Waals surface area contributed by atoms with Crippen LogP contribution in [0.2, 0.25) is 0 Å². The zero-order valence-corrected chi connectivity index (χ0v) is 9.03. The molecular formula is C9H18N2OS. The summed E-state index contributed by atoms with van der Waals surface area (Å²) in [7, 11) is 1.94. The molecule has 0 bridgehead atoms. The lowest BCUT2D eigenvalue weighted by Gasteiger charge is -2.19. The molecule has 1 amide bonds. The van der Waals surface area contributed by atoms with Gasteiger partial charge in [0, 0.05) is 13.1 Å². The summed E-state index contributed by atoms with van der Waals surface area (Å²) in [6.07, 6.45) is 2.21. The third kappa shape index (κ3) is 4.00. The lowest BCUT2D eigenvalue weighted by atomic mass is 10.3. The van der Waals surface area contributed by atoms with Crippen LogP contribution in [0.5, 0.6) is 0 Å². The average Bonchev–Trinajstić information content (AvgIpc) is 2.32. The molecule has 76 valence electrons. The minimum atomic E-state index is 0.318. The fourth-order valence-electron chi connectivity index (χ4n) is 1.42. The van der Waals surface area contributed by atoms with Crippen LogP contribution in [0.25, 0.3) is 0 Å². The second-order valence-electron chi connectivity index (χ2n) is 3.24. The van der Waals surface area contributed by atoms with E-state index in [1.54, 1.807) is 11.8 Å². The Balaban J connectivity index is 2.24. The van der Waals surface area contributed by atoms with Gasteiger partial charge in [-0.3, -0.25) is 4.79 Å². The maximum atomic E-state index is 11.5. The molecule has 1 saturated heterocycles. The largest absolute Gasteiger partial charge is 0.342 e. The van der Waals surface area contributed by atoms with Crippen LogP contribution >= 0.6 is 11.8 Å². The number of hydrogen-bond acceptors (Lipinski definition) is 3. The van der Waals surface area contributed by atoms with Crippen LogP contribution in [0.3, 0.4) is 0 Å². The topological polar surface area (TPSA) is 32.3 Å². The van der Waals surface area contributed by atoms with Gasteiger partial charge < -0.3 is 10.2 Å². The summed E-state index contributed by atoms with van der Waals surface area (Å²) in [5.74, 6) is 2.13. The van der Waals surface area contributed by atoms with Crippen LogP contribution < -0.4 is 5.32 Å². The van der Waals surface area contributed by atoms with Gasteiger partial charge >= 0.3 is 0 Å². The van der Waals surface area contributed by atoms with E-state index in [1.807, 2.05) is 11.9 Å². The van der Waals surface area contributed by atoms with E-state index in [0.29, 0.717) is 11.7 Å². The molecule has 0 radical (unpaired) electrons. The highest BCUT2D eigenvalue weighted by molar-refractivity contribution is 7.99. The molecule has 0 aromatic heterocycles. The minimum absolute atomic E-state index is 0.318. The van der Waals surface area contributed by atoms with Crippen molar-refractivity contribution in [1.29, 1.82) is 0 Å². The van der Waals surface area contributed by atoms with Crippen molar-refractivity contribution < 1.29 is 4.79 Å². The zero-order chi connectivity index (χ0) is 9.52. The second-order valence-corrected chi connectivity index (χ2v) is 4.35. The van der Waals surface area contributed by atoms with Crippen molar-refractivity contribution in [1.82, 2.24) is 10.2 Å². The van der Waals surface area contributed by atoms with E-state index in [9.17, 15) is 4.79 Å². The predicted molar refractivity (Wildman–Crippen MR) is 57.1 cm³/mol. The quantitative estimate of drug-likeness (QED) is 0.676.